The fourth-order valence-corrected chi connectivity index (χ4v) is 1.88. The van der Waals surface area contributed by atoms with Crippen molar-refractivity contribution >= 4 is 16.9 Å². The van der Waals surface area contributed by atoms with E-state index in [0.29, 0.717) is 23.3 Å². The molecule has 0 atom stereocenters. The predicted molar refractivity (Wildman–Crippen MR) is 69.5 cm³/mol. The molecule has 0 radical (unpaired) electrons. The molecule has 0 saturated heterocycles. The van der Waals surface area contributed by atoms with Crippen LogP contribution in [0.5, 0.6) is 5.75 Å². The number of hydrogen-bond donors (Lipinski definition) is 2. The highest BCUT2D eigenvalue weighted by Gasteiger charge is 2.14. The smallest absolute Gasteiger partial charge is 0.246 e. The molecule has 0 bridgehead atoms. The minimum absolute atomic E-state index is 0.197. The molecule has 4 heteroatoms. The average molecular weight is 245 g/mol. The summed E-state index contributed by atoms with van der Waals surface area (Å²) >= 11 is 0. The van der Waals surface area contributed by atoms with Gasteiger partial charge in [0.25, 0.3) is 0 Å². The Morgan fingerprint density at radius 1 is 1.50 bits per heavy atom. The molecular weight excluding hydrogens is 230 g/mol. The quantitative estimate of drug-likeness (QED) is 0.815. The number of likely N-dealkylation sites (N-methyl/N-ethyl adjacent to an activating group) is 1. The Kier molecular flexibility index (Phi) is 3.10. The molecule has 0 spiro atoms. The van der Waals surface area contributed by atoms with Crippen LogP contribution in [0.15, 0.2) is 34.8 Å². The molecule has 2 aromatic rings. The Bertz CT molecular complexity index is 625. The minimum atomic E-state index is -0.197. The lowest BCUT2D eigenvalue weighted by Gasteiger charge is -2.02. The molecule has 4 nitrogen and oxygen atoms in total. The Morgan fingerprint density at radius 3 is 2.89 bits per heavy atom. The molecule has 1 aromatic heterocycles. The number of nitrogens with one attached hydrogen (secondary N) is 1. The van der Waals surface area contributed by atoms with Gasteiger partial charge in [-0.15, -0.1) is 0 Å². The Labute approximate surface area is 105 Å². The fourth-order valence-electron chi connectivity index (χ4n) is 1.88. The van der Waals surface area contributed by atoms with E-state index in [1.54, 1.807) is 25.2 Å². The summed E-state index contributed by atoms with van der Waals surface area (Å²) in [5.41, 5.74) is 2.07. The van der Waals surface area contributed by atoms with Crippen molar-refractivity contribution in [3.8, 4) is 5.75 Å². The lowest BCUT2D eigenvalue weighted by molar-refractivity contribution is -0.117. The van der Waals surface area contributed by atoms with E-state index in [9.17, 15) is 9.90 Å². The van der Waals surface area contributed by atoms with Gasteiger partial charge in [0.1, 0.15) is 17.1 Å². The van der Waals surface area contributed by atoms with Crippen LogP contribution >= 0.6 is 0 Å². The molecule has 2 rings (SSSR count). The summed E-state index contributed by atoms with van der Waals surface area (Å²) in [5, 5.41) is 12.8. The van der Waals surface area contributed by atoms with Gasteiger partial charge in [0.2, 0.25) is 5.91 Å². The largest absolute Gasteiger partial charge is 0.508 e. The molecule has 0 aliphatic heterocycles. The van der Waals surface area contributed by atoms with Crippen LogP contribution in [0.2, 0.25) is 0 Å². The van der Waals surface area contributed by atoms with Gasteiger partial charge >= 0.3 is 0 Å². The van der Waals surface area contributed by atoms with E-state index in [4.69, 9.17) is 4.42 Å². The summed E-state index contributed by atoms with van der Waals surface area (Å²) in [4.78, 5) is 11.4. The Morgan fingerprint density at radius 2 is 2.22 bits per heavy atom. The minimum Gasteiger partial charge on any atom is -0.508 e. The number of fused-ring (bicyclic) bond motifs is 1. The third-order valence-corrected chi connectivity index (χ3v) is 2.94. The van der Waals surface area contributed by atoms with Crippen LogP contribution in [-0.4, -0.2) is 18.1 Å². The second-order valence-electron chi connectivity index (χ2n) is 4.19. The van der Waals surface area contributed by atoms with Crippen LogP contribution in [0, 0.1) is 6.92 Å². The lowest BCUT2D eigenvalue weighted by atomic mass is 10.1. The topological polar surface area (TPSA) is 62.5 Å². The van der Waals surface area contributed by atoms with Crippen molar-refractivity contribution in [1.29, 1.82) is 0 Å². The van der Waals surface area contributed by atoms with E-state index in [0.717, 1.165) is 10.9 Å². The number of carbonyl (C=O) groups is 1. The number of hydrogen-bond acceptors (Lipinski definition) is 3. The fraction of sp³-hybridized carbons (Fsp3) is 0.214. The molecule has 0 fully saturated rings. The third kappa shape index (κ3) is 2.09. The molecular formula is C14H15NO3. The zero-order valence-corrected chi connectivity index (χ0v) is 10.4. The van der Waals surface area contributed by atoms with Gasteiger partial charge in [0.15, 0.2) is 0 Å². The zero-order chi connectivity index (χ0) is 13.3. The molecule has 1 heterocycles. The van der Waals surface area contributed by atoms with Gasteiger partial charge in [0.05, 0.1) is 0 Å². The van der Waals surface area contributed by atoms with Crippen LogP contribution in [0.25, 0.3) is 11.0 Å². The van der Waals surface area contributed by atoms with E-state index in [2.05, 4.69) is 11.9 Å². The third-order valence-electron chi connectivity index (χ3n) is 2.94. The first kappa shape index (κ1) is 12.2. The SMILES string of the molecule is C=C(Cc1oc2ccc(O)cc2c1C)C(=O)NC. The first-order chi connectivity index (χ1) is 8.52. The number of benzene rings is 1. The van der Waals surface area contributed by atoms with Gasteiger partial charge in [-0.3, -0.25) is 4.79 Å². The first-order valence-corrected chi connectivity index (χ1v) is 5.63. The molecule has 0 saturated carbocycles. The maximum Gasteiger partial charge on any atom is 0.246 e. The molecule has 1 aromatic carbocycles. The molecule has 0 aliphatic rings. The second-order valence-corrected chi connectivity index (χ2v) is 4.19. The average Bonchev–Trinajstić information content (AvgIpc) is 2.65. The van der Waals surface area contributed by atoms with Crippen LogP contribution in [0.4, 0.5) is 0 Å². The van der Waals surface area contributed by atoms with Crippen LogP contribution in [0.3, 0.4) is 0 Å². The first-order valence-electron chi connectivity index (χ1n) is 5.63. The normalized spacial score (nSPS) is 10.6. The molecule has 94 valence electrons. The van der Waals surface area contributed by atoms with Crippen LogP contribution in [0.1, 0.15) is 11.3 Å². The highest BCUT2D eigenvalue weighted by molar-refractivity contribution is 5.93. The lowest BCUT2D eigenvalue weighted by Crippen LogP contribution is -2.20. The standard InChI is InChI=1S/C14H15NO3/c1-8(14(17)15-3)6-13-9(2)11-7-10(16)4-5-12(11)18-13/h4-5,7,16H,1,6H2,2-3H3,(H,15,17). The molecule has 0 unspecified atom stereocenters. The van der Waals surface area contributed by atoms with Crippen molar-refractivity contribution in [3.63, 3.8) is 0 Å². The summed E-state index contributed by atoms with van der Waals surface area (Å²) < 4.78 is 5.67. The highest BCUT2D eigenvalue weighted by Crippen LogP contribution is 2.29. The van der Waals surface area contributed by atoms with Crippen molar-refractivity contribution < 1.29 is 14.3 Å². The summed E-state index contributed by atoms with van der Waals surface area (Å²) in [6.07, 6.45) is 0.362. The number of aryl methyl sites for hydroxylation is 1. The predicted octanol–water partition coefficient (Wildman–Crippen LogP) is 2.29. The number of aromatic hydroxyl groups is 1. The van der Waals surface area contributed by atoms with Gasteiger partial charge in [0, 0.05) is 24.4 Å². The monoisotopic (exact) mass is 245 g/mol. The maximum atomic E-state index is 11.4. The van der Waals surface area contributed by atoms with Gasteiger partial charge < -0.3 is 14.8 Å². The van der Waals surface area contributed by atoms with Gasteiger partial charge in [-0.2, -0.15) is 0 Å². The van der Waals surface area contributed by atoms with Crippen molar-refractivity contribution in [1.82, 2.24) is 5.32 Å². The van der Waals surface area contributed by atoms with Gasteiger partial charge in [-0.25, -0.2) is 0 Å². The van der Waals surface area contributed by atoms with Crippen molar-refractivity contribution in [3.05, 3.63) is 41.7 Å². The number of phenolic OH excluding ortho intramolecular Hbond substituents is 1. The number of amides is 1. The van der Waals surface area contributed by atoms with E-state index in [1.165, 1.54) is 0 Å². The van der Waals surface area contributed by atoms with Gasteiger partial charge in [-0.1, -0.05) is 6.58 Å². The molecule has 2 N–H and O–H groups in total. The van der Waals surface area contributed by atoms with E-state index < -0.39 is 0 Å². The summed E-state index contributed by atoms with van der Waals surface area (Å²) in [6.45, 7) is 5.63. The molecule has 0 aliphatic carbocycles. The van der Waals surface area contributed by atoms with Crippen molar-refractivity contribution in [2.45, 2.75) is 13.3 Å². The van der Waals surface area contributed by atoms with Gasteiger partial charge in [-0.05, 0) is 30.7 Å². The Balaban J connectivity index is 2.38. The van der Waals surface area contributed by atoms with E-state index in [1.807, 2.05) is 6.92 Å². The Hall–Kier alpha value is -2.23. The summed E-state index contributed by atoms with van der Waals surface area (Å²) in [7, 11) is 1.57. The highest BCUT2D eigenvalue weighted by atomic mass is 16.3. The number of furan rings is 1. The van der Waals surface area contributed by atoms with E-state index >= 15 is 0 Å². The van der Waals surface area contributed by atoms with Crippen LogP contribution in [-0.2, 0) is 11.2 Å². The number of carbonyl (C=O) groups excluding carboxylic acids is 1. The number of rotatable bonds is 3. The maximum absolute atomic E-state index is 11.4. The molecule has 1 amide bonds. The molecule has 18 heavy (non-hydrogen) atoms. The second kappa shape index (κ2) is 4.56. The summed E-state index contributed by atoms with van der Waals surface area (Å²) in [6, 6.07) is 4.94. The van der Waals surface area contributed by atoms with Crippen LogP contribution < -0.4 is 5.32 Å². The van der Waals surface area contributed by atoms with E-state index in [-0.39, 0.29) is 11.7 Å². The van der Waals surface area contributed by atoms with Crippen molar-refractivity contribution in [2.75, 3.05) is 7.05 Å². The zero-order valence-electron chi connectivity index (χ0n) is 10.4. The van der Waals surface area contributed by atoms with Crippen molar-refractivity contribution in [2.24, 2.45) is 0 Å². The number of phenols is 1. The summed E-state index contributed by atoms with van der Waals surface area (Å²) in [5.74, 6) is 0.699.